The molecule has 1 aromatic rings. The molecule has 1 heterocycles. The van der Waals surface area contributed by atoms with E-state index in [0.29, 0.717) is 6.42 Å². The van der Waals surface area contributed by atoms with Gasteiger partial charge in [0.1, 0.15) is 0 Å². The lowest BCUT2D eigenvalue weighted by molar-refractivity contribution is -0.150. The lowest BCUT2D eigenvalue weighted by Crippen LogP contribution is -2.36. The van der Waals surface area contributed by atoms with Crippen LogP contribution in [0.15, 0.2) is 4.47 Å². The monoisotopic (exact) mass is 316 g/mol. The number of hydrogen-bond donors (Lipinski definition) is 1. The van der Waals surface area contributed by atoms with E-state index >= 15 is 0 Å². The van der Waals surface area contributed by atoms with Crippen molar-refractivity contribution >= 4 is 21.9 Å². The van der Waals surface area contributed by atoms with Crippen LogP contribution in [-0.4, -0.2) is 20.9 Å². The number of rotatable bonds is 5. The normalized spacial score (nSPS) is 14.8. The molecule has 1 N–H and O–H groups in total. The van der Waals surface area contributed by atoms with E-state index < -0.39 is 11.4 Å². The fourth-order valence-electron chi connectivity index (χ4n) is 1.89. The standard InChI is InChI=1S/C13H21BrN2O2/c1-6-9-11(14)10(16(5)15-9)7-13(4,8(2)3)12(17)18/h8H,6-7H2,1-5H3,(H,17,18). The van der Waals surface area contributed by atoms with E-state index in [-0.39, 0.29) is 5.92 Å². The first kappa shape index (κ1) is 15.2. The molecule has 1 rings (SSSR count). The van der Waals surface area contributed by atoms with Crippen LogP contribution in [0.3, 0.4) is 0 Å². The molecule has 4 nitrogen and oxygen atoms in total. The number of hydrogen-bond acceptors (Lipinski definition) is 2. The highest BCUT2D eigenvalue weighted by Gasteiger charge is 2.38. The Morgan fingerprint density at radius 2 is 2.11 bits per heavy atom. The zero-order valence-corrected chi connectivity index (χ0v) is 13.2. The van der Waals surface area contributed by atoms with Gasteiger partial charge in [-0.15, -0.1) is 0 Å². The Morgan fingerprint density at radius 1 is 1.56 bits per heavy atom. The fraction of sp³-hybridized carbons (Fsp3) is 0.692. The molecule has 102 valence electrons. The zero-order valence-electron chi connectivity index (χ0n) is 11.6. The molecule has 0 aliphatic carbocycles. The lowest BCUT2D eigenvalue weighted by Gasteiger charge is -2.29. The summed E-state index contributed by atoms with van der Waals surface area (Å²) in [6, 6.07) is 0. The van der Waals surface area contributed by atoms with Crippen molar-refractivity contribution in [2.24, 2.45) is 18.4 Å². The number of carbonyl (C=O) groups is 1. The highest BCUT2D eigenvalue weighted by atomic mass is 79.9. The van der Waals surface area contributed by atoms with E-state index in [1.165, 1.54) is 0 Å². The van der Waals surface area contributed by atoms with Gasteiger partial charge in [-0.2, -0.15) is 5.10 Å². The van der Waals surface area contributed by atoms with E-state index in [9.17, 15) is 9.90 Å². The molecule has 0 bridgehead atoms. The molecule has 1 aromatic heterocycles. The Labute approximate surface area is 117 Å². The molecule has 1 unspecified atom stereocenters. The van der Waals surface area contributed by atoms with Crippen LogP contribution in [0.4, 0.5) is 0 Å². The van der Waals surface area contributed by atoms with Gasteiger partial charge in [-0.05, 0) is 35.2 Å². The molecule has 0 saturated carbocycles. The third-order valence-corrected chi connectivity index (χ3v) is 4.72. The number of nitrogens with zero attached hydrogens (tertiary/aromatic N) is 2. The van der Waals surface area contributed by atoms with Crippen LogP contribution in [0, 0.1) is 11.3 Å². The smallest absolute Gasteiger partial charge is 0.310 e. The molecule has 5 heteroatoms. The van der Waals surface area contributed by atoms with Gasteiger partial charge in [-0.3, -0.25) is 9.48 Å². The molecule has 0 radical (unpaired) electrons. The SMILES string of the molecule is CCc1nn(C)c(CC(C)(C(=O)O)C(C)C)c1Br. The van der Waals surface area contributed by atoms with Crippen molar-refractivity contribution in [3.8, 4) is 0 Å². The summed E-state index contributed by atoms with van der Waals surface area (Å²) < 4.78 is 2.73. The van der Waals surface area contributed by atoms with Crippen LogP contribution in [0.1, 0.15) is 39.1 Å². The second-order valence-electron chi connectivity index (χ2n) is 5.24. The second-order valence-corrected chi connectivity index (χ2v) is 6.03. The molecule has 0 aliphatic heterocycles. The summed E-state index contributed by atoms with van der Waals surface area (Å²) in [5.74, 6) is -0.703. The van der Waals surface area contributed by atoms with Gasteiger partial charge in [0.15, 0.2) is 0 Å². The van der Waals surface area contributed by atoms with Crippen molar-refractivity contribution in [1.82, 2.24) is 9.78 Å². The number of carboxylic acids is 1. The minimum absolute atomic E-state index is 0.0573. The number of carboxylic acid groups (broad SMARTS) is 1. The molecule has 1 atom stereocenters. The highest BCUT2D eigenvalue weighted by Crippen LogP contribution is 2.35. The molecule has 0 aromatic carbocycles. The summed E-state index contributed by atoms with van der Waals surface area (Å²) in [7, 11) is 1.86. The summed E-state index contributed by atoms with van der Waals surface area (Å²) in [6.07, 6.45) is 1.31. The maximum absolute atomic E-state index is 11.5. The van der Waals surface area contributed by atoms with Crippen LogP contribution in [0.5, 0.6) is 0 Å². The maximum atomic E-state index is 11.5. The largest absolute Gasteiger partial charge is 0.481 e. The third kappa shape index (κ3) is 2.60. The highest BCUT2D eigenvalue weighted by molar-refractivity contribution is 9.10. The maximum Gasteiger partial charge on any atom is 0.310 e. The Bertz CT molecular complexity index is 454. The lowest BCUT2D eigenvalue weighted by atomic mass is 9.75. The predicted octanol–water partition coefficient (Wildman–Crippen LogP) is 3.03. The topological polar surface area (TPSA) is 55.1 Å². The molecular formula is C13H21BrN2O2. The van der Waals surface area contributed by atoms with Crippen LogP contribution >= 0.6 is 15.9 Å². The molecule has 18 heavy (non-hydrogen) atoms. The summed E-state index contributed by atoms with van der Waals surface area (Å²) >= 11 is 3.54. The van der Waals surface area contributed by atoms with Crippen molar-refractivity contribution < 1.29 is 9.90 Å². The van der Waals surface area contributed by atoms with Gasteiger partial charge in [0.05, 0.1) is 21.3 Å². The van der Waals surface area contributed by atoms with Crippen molar-refractivity contribution in [3.63, 3.8) is 0 Å². The predicted molar refractivity (Wildman–Crippen MR) is 74.6 cm³/mol. The first-order valence-corrected chi connectivity index (χ1v) is 6.97. The first-order chi connectivity index (χ1) is 8.24. The fourth-order valence-corrected chi connectivity index (χ4v) is 2.64. The van der Waals surface area contributed by atoms with E-state index in [1.807, 2.05) is 27.8 Å². The van der Waals surface area contributed by atoms with Crippen molar-refractivity contribution in [2.45, 2.75) is 40.5 Å². The molecule has 0 amide bonds. The van der Waals surface area contributed by atoms with E-state index in [2.05, 4.69) is 21.0 Å². The van der Waals surface area contributed by atoms with E-state index in [1.54, 1.807) is 11.6 Å². The quantitative estimate of drug-likeness (QED) is 0.908. The Morgan fingerprint density at radius 3 is 2.44 bits per heavy atom. The molecule has 0 spiro atoms. The molecule has 0 aliphatic rings. The van der Waals surface area contributed by atoms with Crippen LogP contribution < -0.4 is 0 Å². The van der Waals surface area contributed by atoms with Crippen LogP contribution in [0.25, 0.3) is 0 Å². The number of aliphatic carboxylic acids is 1. The molecule has 0 saturated heterocycles. The van der Waals surface area contributed by atoms with Gasteiger partial charge in [0.2, 0.25) is 0 Å². The minimum Gasteiger partial charge on any atom is -0.481 e. The molecule has 0 fully saturated rings. The number of halogens is 1. The summed E-state index contributed by atoms with van der Waals surface area (Å²) in [6.45, 7) is 7.72. The van der Waals surface area contributed by atoms with E-state index in [0.717, 1.165) is 22.3 Å². The van der Waals surface area contributed by atoms with Gasteiger partial charge < -0.3 is 5.11 Å². The van der Waals surface area contributed by atoms with Gasteiger partial charge in [-0.1, -0.05) is 20.8 Å². The minimum atomic E-state index is -0.776. The summed E-state index contributed by atoms with van der Waals surface area (Å²) in [5, 5.41) is 13.9. The Hall–Kier alpha value is -0.840. The number of aromatic nitrogens is 2. The first-order valence-electron chi connectivity index (χ1n) is 6.17. The Balaban J connectivity index is 3.17. The van der Waals surface area contributed by atoms with Crippen LogP contribution in [0.2, 0.25) is 0 Å². The van der Waals surface area contributed by atoms with Crippen LogP contribution in [-0.2, 0) is 24.7 Å². The molecular weight excluding hydrogens is 296 g/mol. The Kier molecular flexibility index (Phi) is 4.59. The van der Waals surface area contributed by atoms with Crippen molar-refractivity contribution in [2.75, 3.05) is 0 Å². The van der Waals surface area contributed by atoms with Crippen molar-refractivity contribution in [1.29, 1.82) is 0 Å². The summed E-state index contributed by atoms with van der Waals surface area (Å²) in [5.41, 5.74) is 1.15. The van der Waals surface area contributed by atoms with E-state index in [4.69, 9.17) is 0 Å². The van der Waals surface area contributed by atoms with Crippen molar-refractivity contribution in [3.05, 3.63) is 15.9 Å². The zero-order chi connectivity index (χ0) is 14.1. The number of aryl methyl sites for hydroxylation is 2. The van der Waals surface area contributed by atoms with Gasteiger partial charge in [0.25, 0.3) is 0 Å². The average molecular weight is 317 g/mol. The second kappa shape index (κ2) is 5.43. The van der Waals surface area contributed by atoms with Gasteiger partial charge >= 0.3 is 5.97 Å². The third-order valence-electron chi connectivity index (χ3n) is 3.80. The summed E-state index contributed by atoms with van der Waals surface area (Å²) in [4.78, 5) is 11.5. The van der Waals surface area contributed by atoms with Gasteiger partial charge in [-0.25, -0.2) is 0 Å². The average Bonchev–Trinajstić information content (AvgIpc) is 2.55. The van der Waals surface area contributed by atoms with Gasteiger partial charge in [0, 0.05) is 13.5 Å².